The van der Waals surface area contributed by atoms with E-state index in [0.29, 0.717) is 30.0 Å². The Morgan fingerprint density at radius 3 is 2.96 bits per heavy atom. The van der Waals surface area contributed by atoms with Crippen molar-refractivity contribution < 1.29 is 14.3 Å². The third-order valence-corrected chi connectivity index (χ3v) is 4.49. The van der Waals surface area contributed by atoms with Crippen molar-refractivity contribution in [3.05, 3.63) is 54.2 Å². The lowest BCUT2D eigenvalue weighted by Gasteiger charge is -2.23. The second-order valence-electron chi connectivity index (χ2n) is 6.37. The van der Waals surface area contributed by atoms with Gasteiger partial charge in [-0.05, 0) is 43.2 Å². The zero-order chi connectivity index (χ0) is 18.1. The summed E-state index contributed by atoms with van der Waals surface area (Å²) in [6, 6.07) is 13.3. The molecule has 0 radical (unpaired) electrons. The van der Waals surface area contributed by atoms with Gasteiger partial charge in [-0.2, -0.15) is 0 Å². The van der Waals surface area contributed by atoms with Crippen LogP contribution in [0.5, 0.6) is 5.75 Å². The summed E-state index contributed by atoms with van der Waals surface area (Å²) in [5.74, 6) is 0.334. The van der Waals surface area contributed by atoms with Gasteiger partial charge in [0.1, 0.15) is 5.75 Å². The quantitative estimate of drug-likeness (QED) is 0.674. The van der Waals surface area contributed by atoms with E-state index < -0.39 is 6.10 Å². The van der Waals surface area contributed by atoms with Crippen LogP contribution >= 0.6 is 0 Å². The van der Waals surface area contributed by atoms with Gasteiger partial charge in [0.05, 0.1) is 5.69 Å². The Morgan fingerprint density at radius 2 is 2.08 bits per heavy atom. The smallest absolute Gasteiger partial charge is 0.265 e. The molecule has 6 heteroatoms. The molecule has 1 aliphatic heterocycles. The highest BCUT2D eigenvalue weighted by Gasteiger charge is 2.23. The number of aromatic nitrogens is 1. The number of aromatic amines is 1. The minimum atomic E-state index is -0.515. The summed E-state index contributed by atoms with van der Waals surface area (Å²) in [6.07, 6.45) is 2.46. The maximum absolute atomic E-state index is 12.3. The molecule has 4 rings (SSSR count). The lowest BCUT2D eigenvalue weighted by molar-refractivity contribution is -0.122. The summed E-state index contributed by atoms with van der Waals surface area (Å²) in [7, 11) is 0. The van der Waals surface area contributed by atoms with Gasteiger partial charge in [0.15, 0.2) is 6.10 Å². The number of H-pyrrole nitrogens is 1. The van der Waals surface area contributed by atoms with Gasteiger partial charge in [-0.3, -0.25) is 9.59 Å². The summed E-state index contributed by atoms with van der Waals surface area (Å²) >= 11 is 0. The number of aryl methyl sites for hydroxylation is 1. The maximum atomic E-state index is 12.3. The first-order valence-corrected chi connectivity index (χ1v) is 8.56. The third kappa shape index (κ3) is 3.13. The van der Waals surface area contributed by atoms with E-state index in [1.54, 1.807) is 25.1 Å². The lowest BCUT2D eigenvalue weighted by Crippen LogP contribution is -2.34. The van der Waals surface area contributed by atoms with Crippen molar-refractivity contribution in [1.29, 1.82) is 0 Å². The number of hydrogen-bond acceptors (Lipinski definition) is 3. The fourth-order valence-electron chi connectivity index (χ4n) is 3.10. The van der Waals surface area contributed by atoms with Crippen LogP contribution in [-0.2, 0) is 16.0 Å². The van der Waals surface area contributed by atoms with Crippen LogP contribution in [0.3, 0.4) is 0 Å². The number of rotatable bonds is 4. The summed E-state index contributed by atoms with van der Waals surface area (Å²) in [5.41, 5.74) is 3.40. The number of ether oxygens (including phenoxy) is 1. The zero-order valence-corrected chi connectivity index (χ0v) is 14.3. The zero-order valence-electron chi connectivity index (χ0n) is 14.3. The standard InChI is InChI=1S/C20H19N3O3/c1-12-20(25)23-17-10-14(7-8-18(17)26-12)22-19(24)9-6-13-11-21-16-5-3-2-4-15(13)16/h2-5,7-8,10-12,21H,6,9H2,1H3,(H,22,24)(H,23,25)/t12-/m0/s1. The Kier molecular flexibility index (Phi) is 4.08. The predicted molar refractivity (Wildman–Crippen MR) is 100 cm³/mol. The molecular weight excluding hydrogens is 330 g/mol. The van der Waals surface area contributed by atoms with Crippen LogP contribution in [0.15, 0.2) is 48.7 Å². The largest absolute Gasteiger partial charge is 0.479 e. The van der Waals surface area contributed by atoms with Gasteiger partial charge in [-0.15, -0.1) is 0 Å². The van der Waals surface area contributed by atoms with Gasteiger partial charge >= 0.3 is 0 Å². The monoisotopic (exact) mass is 349 g/mol. The van der Waals surface area contributed by atoms with Crippen LogP contribution in [0, 0.1) is 0 Å². The first-order valence-electron chi connectivity index (χ1n) is 8.56. The second kappa shape index (κ2) is 6.55. The lowest BCUT2D eigenvalue weighted by atomic mass is 10.1. The molecule has 26 heavy (non-hydrogen) atoms. The average molecular weight is 349 g/mol. The Labute approximate surface area is 150 Å². The molecule has 0 fully saturated rings. The Morgan fingerprint density at radius 1 is 1.23 bits per heavy atom. The minimum absolute atomic E-state index is 0.0772. The first-order chi connectivity index (χ1) is 12.6. The molecule has 3 aromatic rings. The fourth-order valence-corrected chi connectivity index (χ4v) is 3.10. The van der Waals surface area contributed by atoms with Gasteiger partial charge in [0.25, 0.3) is 5.91 Å². The fraction of sp³-hybridized carbons (Fsp3) is 0.200. The molecular formula is C20H19N3O3. The van der Waals surface area contributed by atoms with Gasteiger partial charge in [0, 0.05) is 29.2 Å². The molecule has 0 saturated heterocycles. The molecule has 0 aliphatic carbocycles. The molecule has 132 valence electrons. The van der Waals surface area contributed by atoms with E-state index in [1.165, 1.54) is 0 Å². The number of anilines is 2. The highest BCUT2D eigenvalue weighted by molar-refractivity contribution is 5.99. The molecule has 2 aromatic carbocycles. The molecule has 6 nitrogen and oxygen atoms in total. The van der Waals surface area contributed by atoms with Crippen molar-refractivity contribution in [2.24, 2.45) is 0 Å². The molecule has 1 atom stereocenters. The van der Waals surface area contributed by atoms with E-state index in [-0.39, 0.29) is 11.8 Å². The first kappa shape index (κ1) is 16.2. The average Bonchev–Trinajstić information content (AvgIpc) is 3.04. The molecule has 2 amide bonds. The Bertz CT molecular complexity index is 993. The van der Waals surface area contributed by atoms with E-state index in [4.69, 9.17) is 4.74 Å². The predicted octanol–water partition coefficient (Wildman–Crippen LogP) is 3.46. The molecule has 0 unspecified atom stereocenters. The Balaban J connectivity index is 1.41. The van der Waals surface area contributed by atoms with E-state index in [9.17, 15) is 9.59 Å². The summed E-state index contributed by atoms with van der Waals surface area (Å²) in [6.45, 7) is 1.69. The molecule has 0 saturated carbocycles. The number of carbonyl (C=O) groups is 2. The number of para-hydroxylation sites is 1. The van der Waals surface area contributed by atoms with Crippen LogP contribution in [0.25, 0.3) is 10.9 Å². The summed E-state index contributed by atoms with van der Waals surface area (Å²) in [4.78, 5) is 27.2. The molecule has 1 aliphatic rings. The van der Waals surface area contributed by atoms with E-state index in [2.05, 4.69) is 15.6 Å². The second-order valence-corrected chi connectivity index (χ2v) is 6.37. The number of fused-ring (bicyclic) bond motifs is 2. The van der Waals surface area contributed by atoms with Crippen LogP contribution in [0.2, 0.25) is 0 Å². The Hall–Kier alpha value is -3.28. The van der Waals surface area contributed by atoms with Gasteiger partial charge in [0.2, 0.25) is 5.91 Å². The normalized spacial score (nSPS) is 15.9. The number of hydrogen-bond donors (Lipinski definition) is 3. The van der Waals surface area contributed by atoms with Crippen molar-refractivity contribution in [2.45, 2.75) is 25.9 Å². The molecule has 2 heterocycles. The van der Waals surface area contributed by atoms with Gasteiger partial charge < -0.3 is 20.4 Å². The number of benzene rings is 2. The third-order valence-electron chi connectivity index (χ3n) is 4.49. The highest BCUT2D eigenvalue weighted by Crippen LogP contribution is 2.32. The molecule has 0 spiro atoms. The van der Waals surface area contributed by atoms with Crippen LogP contribution in [0.1, 0.15) is 18.9 Å². The molecule has 1 aromatic heterocycles. The van der Waals surface area contributed by atoms with Crippen LogP contribution in [-0.4, -0.2) is 22.9 Å². The highest BCUT2D eigenvalue weighted by atomic mass is 16.5. The minimum Gasteiger partial charge on any atom is -0.479 e. The van der Waals surface area contributed by atoms with Crippen molar-refractivity contribution in [3.8, 4) is 5.75 Å². The van der Waals surface area contributed by atoms with Crippen molar-refractivity contribution in [3.63, 3.8) is 0 Å². The topological polar surface area (TPSA) is 83.2 Å². The van der Waals surface area contributed by atoms with Crippen LogP contribution in [0.4, 0.5) is 11.4 Å². The van der Waals surface area contributed by atoms with Crippen molar-refractivity contribution >= 4 is 34.1 Å². The molecule has 3 N–H and O–H groups in total. The summed E-state index contributed by atoms with van der Waals surface area (Å²) < 4.78 is 5.51. The maximum Gasteiger partial charge on any atom is 0.265 e. The van der Waals surface area contributed by atoms with Crippen molar-refractivity contribution in [1.82, 2.24) is 4.98 Å². The van der Waals surface area contributed by atoms with Gasteiger partial charge in [-0.25, -0.2) is 0 Å². The number of nitrogens with one attached hydrogen (secondary N) is 3. The SMILES string of the molecule is C[C@@H]1Oc2ccc(NC(=O)CCc3c[nH]c4ccccc34)cc2NC1=O. The number of carbonyl (C=O) groups excluding carboxylic acids is 2. The van der Waals surface area contributed by atoms with Crippen LogP contribution < -0.4 is 15.4 Å². The van der Waals surface area contributed by atoms with E-state index in [1.807, 2.05) is 30.5 Å². The van der Waals surface area contributed by atoms with Crippen molar-refractivity contribution in [2.75, 3.05) is 10.6 Å². The molecule has 0 bridgehead atoms. The number of amides is 2. The summed E-state index contributed by atoms with van der Waals surface area (Å²) in [5, 5.41) is 6.79. The van der Waals surface area contributed by atoms with E-state index in [0.717, 1.165) is 16.5 Å². The van der Waals surface area contributed by atoms with E-state index >= 15 is 0 Å². The van der Waals surface area contributed by atoms with Gasteiger partial charge in [-0.1, -0.05) is 18.2 Å².